The summed E-state index contributed by atoms with van der Waals surface area (Å²) < 4.78 is 44.5. The van der Waals surface area contributed by atoms with Gasteiger partial charge in [-0.3, -0.25) is 4.79 Å². The van der Waals surface area contributed by atoms with Gasteiger partial charge in [0.15, 0.2) is 5.75 Å². The smallest absolute Gasteiger partial charge is 0.243 e. The third-order valence-electron chi connectivity index (χ3n) is 4.48. The first-order chi connectivity index (χ1) is 13.6. The molecule has 2 unspecified atom stereocenters. The highest BCUT2D eigenvalue weighted by atomic mass is 32.3. The molecule has 1 amide bonds. The Balaban J connectivity index is 1.80. The molecular formula is C19H21N2O6S2+. The summed E-state index contributed by atoms with van der Waals surface area (Å²) in [5, 5.41) is 9.46. The topological polar surface area (TPSA) is 137 Å². The van der Waals surface area contributed by atoms with Crippen LogP contribution in [0.4, 0.5) is 0 Å². The fourth-order valence-corrected chi connectivity index (χ4v) is 7.43. The summed E-state index contributed by atoms with van der Waals surface area (Å²) in [5.41, 5.74) is 1.28. The van der Waals surface area contributed by atoms with Crippen LogP contribution in [-0.2, 0) is 29.0 Å². The van der Waals surface area contributed by atoms with E-state index in [1.54, 1.807) is 24.3 Å². The van der Waals surface area contributed by atoms with Gasteiger partial charge in [0.1, 0.15) is 11.0 Å². The van der Waals surface area contributed by atoms with E-state index in [2.05, 4.69) is 9.98 Å². The molecule has 0 aromatic heterocycles. The van der Waals surface area contributed by atoms with Gasteiger partial charge in [-0.15, -0.1) is 0 Å². The van der Waals surface area contributed by atoms with Crippen LogP contribution >= 0.6 is 0 Å². The average Bonchev–Trinajstić information content (AvgIpc) is 3.03. The lowest BCUT2D eigenvalue weighted by atomic mass is 10.1. The van der Waals surface area contributed by atoms with E-state index in [0.29, 0.717) is 17.0 Å². The summed E-state index contributed by atoms with van der Waals surface area (Å²) in [7, 11) is -6.50. The summed E-state index contributed by atoms with van der Waals surface area (Å²) >= 11 is 0. The van der Waals surface area contributed by atoms with Crippen LogP contribution in [0.5, 0.6) is 0 Å². The van der Waals surface area contributed by atoms with Crippen molar-refractivity contribution in [2.75, 3.05) is 11.5 Å². The van der Waals surface area contributed by atoms with Crippen molar-refractivity contribution in [3.05, 3.63) is 60.1 Å². The Kier molecular flexibility index (Phi) is 5.99. The van der Waals surface area contributed by atoms with E-state index in [9.17, 15) is 27.4 Å². The third kappa shape index (κ3) is 5.15. The number of allylic oxidation sites excluding steroid dienone is 9. The first-order valence-electron chi connectivity index (χ1n) is 8.75. The Morgan fingerprint density at radius 2 is 1.62 bits per heavy atom. The maximum atomic E-state index is 12.8. The van der Waals surface area contributed by atoms with E-state index in [4.69, 9.17) is 0 Å². The summed E-state index contributed by atoms with van der Waals surface area (Å²) in [6.07, 6.45) is 12.4. The quantitative estimate of drug-likeness (QED) is 0.262. The number of aliphatic imine (C=N–C) groups is 2. The zero-order valence-electron chi connectivity index (χ0n) is 15.6. The van der Waals surface area contributed by atoms with Crippen molar-refractivity contribution in [3.63, 3.8) is 0 Å². The molecular weight excluding hydrogens is 416 g/mol. The number of carbonyl (C=O) groups excluding carboxylic acids is 1. The molecule has 29 heavy (non-hydrogen) atoms. The highest BCUT2D eigenvalue weighted by molar-refractivity contribution is 8.02. The Hall–Kier alpha value is -2.40. The fraction of sp³-hybridized carbons (Fsp3) is 0.263. The lowest BCUT2D eigenvalue weighted by Gasteiger charge is -2.13. The SMILES string of the molecule is CC(=O)N=C1C=CC(=NC(O)=C2C=CC(=S(=O)(O)[C@H]3CC[S+](=O)(O)C3)C=C2)C=C1. The van der Waals surface area contributed by atoms with Gasteiger partial charge in [0, 0.05) is 18.9 Å². The molecule has 0 aromatic carbocycles. The van der Waals surface area contributed by atoms with Crippen molar-refractivity contribution in [2.24, 2.45) is 9.98 Å². The second-order valence-electron chi connectivity index (χ2n) is 6.73. The monoisotopic (exact) mass is 437 g/mol. The zero-order valence-corrected chi connectivity index (χ0v) is 17.2. The minimum Gasteiger partial charge on any atom is -0.493 e. The predicted molar refractivity (Wildman–Crippen MR) is 116 cm³/mol. The van der Waals surface area contributed by atoms with Crippen LogP contribution in [0.15, 0.2) is 70.0 Å². The molecule has 3 aliphatic rings. The van der Waals surface area contributed by atoms with E-state index in [0.717, 1.165) is 0 Å². The number of nitrogens with zero attached hydrogens (tertiary/aromatic N) is 2. The van der Waals surface area contributed by atoms with Crippen molar-refractivity contribution < 1.29 is 27.4 Å². The summed E-state index contributed by atoms with van der Waals surface area (Å²) in [6.45, 7) is 1.35. The van der Waals surface area contributed by atoms with E-state index >= 15 is 0 Å². The molecule has 1 heterocycles. The summed E-state index contributed by atoms with van der Waals surface area (Å²) in [5.74, 6) is -0.762. The van der Waals surface area contributed by atoms with Gasteiger partial charge in [-0.05, 0) is 48.6 Å². The van der Waals surface area contributed by atoms with Gasteiger partial charge in [-0.2, -0.15) is 4.55 Å². The molecule has 1 saturated heterocycles. The van der Waals surface area contributed by atoms with Crippen molar-refractivity contribution in [2.45, 2.75) is 18.6 Å². The molecule has 1 aliphatic heterocycles. The number of aliphatic hydroxyl groups excluding tert-OH is 1. The number of hydrogen-bond donors (Lipinski definition) is 3. The summed E-state index contributed by atoms with van der Waals surface area (Å²) in [4.78, 5) is 19.0. The Morgan fingerprint density at radius 1 is 1.07 bits per heavy atom. The first kappa shape index (κ1) is 21.3. The van der Waals surface area contributed by atoms with E-state index in [1.165, 1.54) is 31.2 Å². The van der Waals surface area contributed by atoms with Gasteiger partial charge in [0.2, 0.25) is 22.0 Å². The predicted octanol–water partition coefficient (Wildman–Crippen LogP) is 2.11. The number of rotatable bonds is 2. The number of amides is 1. The van der Waals surface area contributed by atoms with Gasteiger partial charge in [0.25, 0.3) is 0 Å². The molecule has 0 aromatic rings. The van der Waals surface area contributed by atoms with Crippen LogP contribution in [0.3, 0.4) is 0 Å². The van der Waals surface area contributed by atoms with Crippen molar-refractivity contribution in [1.82, 2.24) is 0 Å². The molecule has 0 saturated carbocycles. The summed E-state index contributed by atoms with van der Waals surface area (Å²) in [6, 6.07) is 0. The van der Waals surface area contributed by atoms with Crippen molar-refractivity contribution >= 4 is 42.2 Å². The molecule has 0 radical (unpaired) electrons. The average molecular weight is 438 g/mol. The van der Waals surface area contributed by atoms with E-state index < -0.39 is 25.3 Å². The van der Waals surface area contributed by atoms with Crippen molar-refractivity contribution in [3.8, 4) is 0 Å². The normalized spacial score (nSPS) is 27.9. The van der Waals surface area contributed by atoms with Gasteiger partial charge in [0.05, 0.1) is 26.1 Å². The molecule has 3 atom stereocenters. The number of carbonyl (C=O) groups is 1. The Bertz CT molecular complexity index is 1090. The first-order valence-corrected chi connectivity index (χ1v) is 12.2. The van der Waals surface area contributed by atoms with Gasteiger partial charge < -0.3 is 9.66 Å². The van der Waals surface area contributed by atoms with Crippen LogP contribution in [0.1, 0.15) is 13.3 Å². The van der Waals surface area contributed by atoms with E-state index in [1.807, 2.05) is 0 Å². The minimum atomic E-state index is -3.47. The number of hydrogen-bond acceptors (Lipinski definition) is 5. The molecule has 3 rings (SSSR count). The molecule has 8 nitrogen and oxygen atoms in total. The highest BCUT2D eigenvalue weighted by Gasteiger charge is 2.43. The van der Waals surface area contributed by atoms with Gasteiger partial charge in [-0.25, -0.2) is 14.2 Å². The van der Waals surface area contributed by atoms with Crippen LogP contribution in [0, 0.1) is 0 Å². The van der Waals surface area contributed by atoms with Gasteiger partial charge >= 0.3 is 0 Å². The Morgan fingerprint density at radius 3 is 2.10 bits per heavy atom. The zero-order chi connectivity index (χ0) is 21.2. The van der Waals surface area contributed by atoms with E-state index in [-0.39, 0.29) is 34.6 Å². The van der Waals surface area contributed by atoms with Gasteiger partial charge in [-0.1, -0.05) is 4.21 Å². The lowest BCUT2D eigenvalue weighted by molar-refractivity contribution is -0.115. The fourth-order valence-electron chi connectivity index (χ4n) is 2.99. The van der Waals surface area contributed by atoms with Crippen LogP contribution in [-0.4, -0.2) is 57.4 Å². The largest absolute Gasteiger partial charge is 0.493 e. The standard InChI is InChI=1S/C19H20N2O6S2/c1-13(22)20-15-4-6-16(7-5-15)21-19(23)14-2-8-17(9-3-14)29(26,27)18-10-11-28(24,25)12-18/h2-9,18H,10-12H2,1H3,(H2-,20,21,22,23,24,25,26,27)/p+1/t18-/m0/s1. The molecule has 2 aliphatic carbocycles. The number of aliphatic hydroxyl groups is 1. The molecule has 0 spiro atoms. The molecule has 3 N–H and O–H groups in total. The molecule has 0 bridgehead atoms. The van der Waals surface area contributed by atoms with Crippen LogP contribution in [0.2, 0.25) is 0 Å². The molecule has 1 fully saturated rings. The maximum absolute atomic E-state index is 12.8. The van der Waals surface area contributed by atoms with Crippen molar-refractivity contribution in [1.29, 1.82) is 0 Å². The molecule has 154 valence electrons. The Labute approximate surface area is 169 Å². The van der Waals surface area contributed by atoms with Crippen LogP contribution < -0.4 is 0 Å². The second-order valence-corrected chi connectivity index (χ2v) is 11.3. The second kappa shape index (κ2) is 8.15. The minimum absolute atomic E-state index is 0.0270. The van der Waals surface area contributed by atoms with Crippen LogP contribution in [0.25, 0.3) is 0 Å². The highest BCUT2D eigenvalue weighted by Crippen LogP contribution is 2.25. The maximum Gasteiger partial charge on any atom is 0.243 e. The lowest BCUT2D eigenvalue weighted by Crippen LogP contribution is -2.28. The third-order valence-corrected chi connectivity index (χ3v) is 8.74. The molecule has 10 heteroatoms.